The number of carbonyl (C=O) groups excluding carboxylic acids is 2. The number of anilines is 1. The molecule has 2 rings (SSSR count). The van der Waals surface area contributed by atoms with Gasteiger partial charge < -0.3 is 5.32 Å². The van der Waals surface area contributed by atoms with E-state index in [1.54, 1.807) is 13.0 Å². The Bertz CT molecular complexity index is 508. The van der Waals surface area contributed by atoms with Crippen LogP contribution < -0.4 is 5.32 Å². The zero-order chi connectivity index (χ0) is 12.7. The quantitative estimate of drug-likeness (QED) is 0.649. The highest BCUT2D eigenvalue weighted by atomic mass is 35.5. The Labute approximate surface area is 105 Å². The van der Waals surface area contributed by atoms with E-state index in [4.69, 9.17) is 11.6 Å². The number of amides is 1. The molecule has 0 aromatic heterocycles. The summed E-state index contributed by atoms with van der Waals surface area (Å²) in [5, 5.41) is 2.17. The van der Waals surface area contributed by atoms with Gasteiger partial charge in [-0.25, -0.2) is 0 Å². The second-order valence-electron chi connectivity index (χ2n) is 4.47. The number of hydrogen-bond donors (Lipinski definition) is 1. The number of alkyl halides is 1. The van der Waals surface area contributed by atoms with Gasteiger partial charge >= 0.3 is 0 Å². The Morgan fingerprint density at radius 2 is 2.12 bits per heavy atom. The molecule has 2 atom stereocenters. The number of ketones is 1. The van der Waals surface area contributed by atoms with E-state index in [1.165, 1.54) is 0 Å². The lowest BCUT2D eigenvalue weighted by Gasteiger charge is -2.10. The molecule has 0 aliphatic carbocycles. The van der Waals surface area contributed by atoms with Crippen molar-refractivity contribution >= 4 is 29.0 Å². The third-order valence-electron chi connectivity index (χ3n) is 3.05. The first-order valence-corrected chi connectivity index (χ1v) is 5.99. The van der Waals surface area contributed by atoms with Crippen LogP contribution in [0, 0.1) is 6.92 Å². The zero-order valence-corrected chi connectivity index (χ0v) is 10.8. The second-order valence-corrected chi connectivity index (χ2v) is 5.12. The van der Waals surface area contributed by atoms with Crippen LogP contribution in [0.4, 0.5) is 5.69 Å². The van der Waals surface area contributed by atoms with Gasteiger partial charge in [0.1, 0.15) is 0 Å². The summed E-state index contributed by atoms with van der Waals surface area (Å²) >= 11 is 5.83. The normalized spacial score (nSPS) is 19.8. The lowest BCUT2D eigenvalue weighted by atomic mass is 9.95. The first-order valence-electron chi connectivity index (χ1n) is 5.55. The van der Waals surface area contributed by atoms with Crippen LogP contribution >= 0.6 is 11.6 Å². The summed E-state index contributed by atoms with van der Waals surface area (Å²) in [5.74, 6) is -0.426. The molecule has 1 N–H and O–H groups in total. The number of Topliss-reactive ketones (excluding diaryl/α,β-unsaturated/α-hetero) is 1. The van der Waals surface area contributed by atoms with Crippen molar-refractivity contribution in [1.82, 2.24) is 0 Å². The van der Waals surface area contributed by atoms with Crippen molar-refractivity contribution < 1.29 is 9.59 Å². The van der Waals surface area contributed by atoms with Gasteiger partial charge in [0, 0.05) is 5.56 Å². The predicted molar refractivity (Wildman–Crippen MR) is 67.9 cm³/mol. The first kappa shape index (κ1) is 12.1. The topological polar surface area (TPSA) is 46.2 Å². The first-order chi connectivity index (χ1) is 7.91. The van der Waals surface area contributed by atoms with E-state index in [-0.39, 0.29) is 17.6 Å². The minimum absolute atomic E-state index is 0.0677. The molecule has 1 aromatic carbocycles. The summed E-state index contributed by atoms with van der Waals surface area (Å²) < 4.78 is 0. The van der Waals surface area contributed by atoms with E-state index < -0.39 is 5.38 Å². The molecule has 4 heteroatoms. The monoisotopic (exact) mass is 251 g/mol. The fraction of sp³-hybridized carbons (Fsp3) is 0.385. The molecular weight excluding hydrogens is 238 g/mol. The van der Waals surface area contributed by atoms with Gasteiger partial charge in [0.25, 0.3) is 0 Å². The number of nitrogens with one attached hydrogen (secondary N) is 1. The number of aryl methyl sites for hydroxylation is 1. The number of hydrogen-bond acceptors (Lipinski definition) is 2. The highest BCUT2D eigenvalue weighted by Crippen LogP contribution is 2.36. The SMILES string of the molecule is Cc1cc(C(=O)C(C)Cl)c2c(c1)C(C)C(=O)N2. The van der Waals surface area contributed by atoms with E-state index in [2.05, 4.69) is 5.32 Å². The van der Waals surface area contributed by atoms with Crippen LogP contribution in [0.3, 0.4) is 0 Å². The average Bonchev–Trinajstić information content (AvgIpc) is 2.54. The second kappa shape index (κ2) is 4.15. The predicted octanol–water partition coefficient (Wildman–Crippen LogP) is 2.86. The molecule has 90 valence electrons. The number of carbonyl (C=O) groups is 2. The summed E-state index contributed by atoms with van der Waals surface area (Å²) in [5.41, 5.74) is 2.99. The molecule has 1 aliphatic rings. The largest absolute Gasteiger partial charge is 0.325 e. The Morgan fingerprint density at radius 3 is 2.71 bits per heavy atom. The highest BCUT2D eigenvalue weighted by molar-refractivity contribution is 6.34. The van der Waals surface area contributed by atoms with E-state index in [9.17, 15) is 9.59 Å². The van der Waals surface area contributed by atoms with Gasteiger partial charge in [0.05, 0.1) is 17.0 Å². The maximum atomic E-state index is 12.0. The lowest BCUT2D eigenvalue weighted by molar-refractivity contribution is -0.116. The molecule has 17 heavy (non-hydrogen) atoms. The van der Waals surface area contributed by atoms with Crippen molar-refractivity contribution in [1.29, 1.82) is 0 Å². The van der Waals surface area contributed by atoms with Crippen molar-refractivity contribution in [3.63, 3.8) is 0 Å². The van der Waals surface area contributed by atoms with Crippen LogP contribution in [0.2, 0.25) is 0 Å². The molecule has 1 aromatic rings. The van der Waals surface area contributed by atoms with Gasteiger partial charge in [0.15, 0.2) is 5.78 Å². The smallest absolute Gasteiger partial charge is 0.231 e. The summed E-state index contributed by atoms with van der Waals surface area (Å²) in [6, 6.07) is 3.71. The third kappa shape index (κ3) is 1.95. The van der Waals surface area contributed by atoms with Crippen molar-refractivity contribution in [3.05, 3.63) is 28.8 Å². The van der Waals surface area contributed by atoms with Gasteiger partial charge in [-0.15, -0.1) is 11.6 Å². The van der Waals surface area contributed by atoms with Crippen LogP contribution in [-0.4, -0.2) is 17.1 Å². The van der Waals surface area contributed by atoms with Gasteiger partial charge in [0.2, 0.25) is 5.91 Å². The summed E-state index contributed by atoms with van der Waals surface area (Å²) in [6.45, 7) is 5.38. The molecule has 0 spiro atoms. The zero-order valence-electron chi connectivity index (χ0n) is 10.0. The fourth-order valence-electron chi connectivity index (χ4n) is 2.08. The van der Waals surface area contributed by atoms with Crippen molar-refractivity contribution in [2.24, 2.45) is 0 Å². The van der Waals surface area contributed by atoms with Crippen LogP contribution in [0.25, 0.3) is 0 Å². The Hall–Kier alpha value is -1.35. The number of halogens is 1. The molecule has 0 saturated carbocycles. The molecule has 1 aliphatic heterocycles. The lowest BCUT2D eigenvalue weighted by Crippen LogP contribution is -2.14. The minimum atomic E-state index is -0.589. The number of benzene rings is 1. The Balaban J connectivity index is 2.60. The van der Waals surface area contributed by atoms with Crippen molar-refractivity contribution in [3.8, 4) is 0 Å². The van der Waals surface area contributed by atoms with Gasteiger partial charge in [-0.1, -0.05) is 6.07 Å². The van der Waals surface area contributed by atoms with Crippen LogP contribution in [0.15, 0.2) is 12.1 Å². The van der Waals surface area contributed by atoms with E-state index in [0.717, 1.165) is 11.1 Å². The molecule has 0 saturated heterocycles. The Kier molecular flexibility index (Phi) is 2.96. The van der Waals surface area contributed by atoms with Crippen molar-refractivity contribution in [2.45, 2.75) is 32.1 Å². The van der Waals surface area contributed by atoms with Gasteiger partial charge in [-0.3, -0.25) is 9.59 Å². The molecule has 1 heterocycles. The molecular formula is C13H14ClNO2. The van der Waals surface area contributed by atoms with E-state index in [0.29, 0.717) is 11.3 Å². The van der Waals surface area contributed by atoms with Gasteiger partial charge in [-0.2, -0.15) is 0 Å². The molecule has 1 amide bonds. The van der Waals surface area contributed by atoms with Crippen LogP contribution in [-0.2, 0) is 4.79 Å². The van der Waals surface area contributed by atoms with Gasteiger partial charge in [-0.05, 0) is 38.0 Å². The molecule has 0 bridgehead atoms. The summed E-state index contributed by atoms with van der Waals surface area (Å²) in [6.07, 6.45) is 0. The van der Waals surface area contributed by atoms with E-state index >= 15 is 0 Å². The molecule has 2 unspecified atom stereocenters. The number of rotatable bonds is 2. The van der Waals surface area contributed by atoms with Crippen LogP contribution in [0.1, 0.15) is 41.3 Å². The molecule has 0 radical (unpaired) electrons. The molecule has 3 nitrogen and oxygen atoms in total. The summed E-state index contributed by atoms with van der Waals surface area (Å²) in [4.78, 5) is 23.6. The molecule has 0 fully saturated rings. The maximum Gasteiger partial charge on any atom is 0.231 e. The Morgan fingerprint density at radius 1 is 1.47 bits per heavy atom. The summed E-state index contributed by atoms with van der Waals surface area (Å²) in [7, 11) is 0. The highest BCUT2D eigenvalue weighted by Gasteiger charge is 2.31. The van der Waals surface area contributed by atoms with Crippen molar-refractivity contribution in [2.75, 3.05) is 5.32 Å². The minimum Gasteiger partial charge on any atom is -0.325 e. The standard InChI is InChI=1S/C13H14ClNO2/c1-6-4-9-7(2)13(17)15-11(9)10(5-6)12(16)8(3)14/h4-5,7-8H,1-3H3,(H,15,17). The van der Waals surface area contributed by atoms with Crippen LogP contribution in [0.5, 0.6) is 0 Å². The maximum absolute atomic E-state index is 12.0. The average molecular weight is 252 g/mol. The number of fused-ring (bicyclic) bond motifs is 1. The third-order valence-corrected chi connectivity index (χ3v) is 3.25. The van der Waals surface area contributed by atoms with E-state index in [1.807, 2.05) is 19.9 Å². The fourth-order valence-corrected chi connectivity index (χ4v) is 2.19.